The molecule has 0 aliphatic carbocycles. The first-order valence-electron chi connectivity index (χ1n) is 6.53. The lowest BCUT2D eigenvalue weighted by molar-refractivity contribution is 0.407. The molecular formula is C16H20N2O2. The summed E-state index contributed by atoms with van der Waals surface area (Å²) < 4.78 is 10.9. The smallest absolute Gasteiger partial charge is 0.221 e. The fourth-order valence-corrected chi connectivity index (χ4v) is 1.71. The topological polar surface area (TPSA) is 43.4 Å². The predicted octanol–water partition coefficient (Wildman–Crippen LogP) is 4.09. The van der Waals surface area contributed by atoms with Gasteiger partial charge in [0.15, 0.2) is 0 Å². The Hall–Kier alpha value is -2.23. The fraction of sp³-hybridized carbons (Fsp3) is 0.312. The summed E-state index contributed by atoms with van der Waals surface area (Å²) in [5, 5.41) is 3.31. The molecule has 2 aromatic rings. The van der Waals surface area contributed by atoms with Gasteiger partial charge in [-0.1, -0.05) is 12.1 Å². The van der Waals surface area contributed by atoms with Crippen molar-refractivity contribution in [3.05, 3.63) is 42.5 Å². The highest BCUT2D eigenvalue weighted by atomic mass is 16.5. The maximum atomic E-state index is 5.74. The van der Waals surface area contributed by atoms with Gasteiger partial charge >= 0.3 is 0 Å². The van der Waals surface area contributed by atoms with E-state index in [0.717, 1.165) is 11.6 Å². The van der Waals surface area contributed by atoms with Gasteiger partial charge in [-0.15, -0.1) is 0 Å². The summed E-state index contributed by atoms with van der Waals surface area (Å²) >= 11 is 0. The van der Waals surface area contributed by atoms with Crippen LogP contribution in [0.2, 0.25) is 0 Å². The van der Waals surface area contributed by atoms with Gasteiger partial charge in [0.05, 0.1) is 7.11 Å². The predicted molar refractivity (Wildman–Crippen MR) is 80.7 cm³/mol. The number of benzene rings is 1. The summed E-state index contributed by atoms with van der Waals surface area (Å²) in [6, 6.07) is 13.1. The van der Waals surface area contributed by atoms with Crippen molar-refractivity contribution >= 4 is 5.82 Å². The minimum Gasteiger partial charge on any atom is -0.497 e. The number of ether oxygens (including phenoxy) is 2. The van der Waals surface area contributed by atoms with E-state index in [-0.39, 0.29) is 5.54 Å². The first-order chi connectivity index (χ1) is 9.46. The number of aromatic nitrogens is 1. The van der Waals surface area contributed by atoms with Crippen molar-refractivity contribution in [1.29, 1.82) is 0 Å². The van der Waals surface area contributed by atoms with Crippen LogP contribution in [0.25, 0.3) is 0 Å². The maximum Gasteiger partial charge on any atom is 0.221 e. The Morgan fingerprint density at radius 2 is 1.70 bits per heavy atom. The van der Waals surface area contributed by atoms with E-state index >= 15 is 0 Å². The Kier molecular flexibility index (Phi) is 4.13. The minimum atomic E-state index is -0.0401. The molecule has 0 bridgehead atoms. The van der Waals surface area contributed by atoms with Crippen LogP contribution in [0.5, 0.6) is 17.4 Å². The SMILES string of the molecule is COc1cccc(Oc2cccc(NC(C)(C)C)n2)c1. The molecule has 1 aromatic carbocycles. The highest BCUT2D eigenvalue weighted by molar-refractivity contribution is 5.41. The summed E-state index contributed by atoms with van der Waals surface area (Å²) in [5.41, 5.74) is -0.0401. The molecule has 0 aliphatic rings. The number of pyridine rings is 1. The Labute approximate surface area is 119 Å². The molecule has 0 atom stereocenters. The van der Waals surface area contributed by atoms with Gasteiger partial charge in [-0.25, -0.2) is 0 Å². The van der Waals surface area contributed by atoms with Crippen LogP contribution >= 0.6 is 0 Å². The third-order valence-corrected chi connectivity index (χ3v) is 2.49. The number of methoxy groups -OCH3 is 1. The van der Waals surface area contributed by atoms with Crippen LogP contribution in [0, 0.1) is 0 Å². The molecule has 0 saturated heterocycles. The zero-order valence-corrected chi connectivity index (χ0v) is 12.3. The molecule has 20 heavy (non-hydrogen) atoms. The number of rotatable bonds is 4. The van der Waals surface area contributed by atoms with Gasteiger partial charge in [-0.05, 0) is 39.0 Å². The average Bonchev–Trinajstić information content (AvgIpc) is 2.37. The molecule has 0 spiro atoms. The molecule has 4 heteroatoms. The van der Waals surface area contributed by atoms with Crippen LogP contribution in [0.15, 0.2) is 42.5 Å². The van der Waals surface area contributed by atoms with Crippen molar-refractivity contribution in [2.45, 2.75) is 26.3 Å². The second-order valence-corrected chi connectivity index (χ2v) is 5.52. The third-order valence-electron chi connectivity index (χ3n) is 2.49. The van der Waals surface area contributed by atoms with Crippen molar-refractivity contribution in [3.63, 3.8) is 0 Å². The van der Waals surface area contributed by atoms with Gasteiger partial charge in [-0.3, -0.25) is 0 Å². The number of nitrogens with one attached hydrogen (secondary N) is 1. The highest BCUT2D eigenvalue weighted by Crippen LogP contribution is 2.25. The molecule has 1 heterocycles. The van der Waals surface area contributed by atoms with Gasteiger partial charge < -0.3 is 14.8 Å². The molecular weight excluding hydrogens is 252 g/mol. The Balaban J connectivity index is 2.15. The van der Waals surface area contributed by atoms with E-state index in [9.17, 15) is 0 Å². The quantitative estimate of drug-likeness (QED) is 0.910. The number of anilines is 1. The molecule has 106 valence electrons. The van der Waals surface area contributed by atoms with Gasteiger partial charge in [-0.2, -0.15) is 4.98 Å². The van der Waals surface area contributed by atoms with E-state index in [1.807, 2.05) is 42.5 Å². The molecule has 0 aliphatic heterocycles. The second-order valence-electron chi connectivity index (χ2n) is 5.52. The summed E-state index contributed by atoms with van der Waals surface area (Å²) in [5.74, 6) is 2.79. The lowest BCUT2D eigenvalue weighted by Crippen LogP contribution is -2.26. The lowest BCUT2D eigenvalue weighted by atomic mass is 10.1. The zero-order valence-electron chi connectivity index (χ0n) is 12.3. The fourth-order valence-electron chi connectivity index (χ4n) is 1.71. The maximum absolute atomic E-state index is 5.74. The van der Waals surface area contributed by atoms with Crippen LogP contribution in [-0.4, -0.2) is 17.6 Å². The van der Waals surface area contributed by atoms with Crippen LogP contribution < -0.4 is 14.8 Å². The largest absolute Gasteiger partial charge is 0.497 e. The van der Waals surface area contributed by atoms with Crippen LogP contribution in [0.1, 0.15) is 20.8 Å². The van der Waals surface area contributed by atoms with Gasteiger partial charge in [0, 0.05) is 17.7 Å². The van der Waals surface area contributed by atoms with Gasteiger partial charge in [0.1, 0.15) is 17.3 Å². The van der Waals surface area contributed by atoms with Crippen molar-refractivity contribution in [3.8, 4) is 17.4 Å². The summed E-state index contributed by atoms with van der Waals surface area (Å²) in [4.78, 5) is 4.43. The minimum absolute atomic E-state index is 0.0401. The average molecular weight is 272 g/mol. The van der Waals surface area contributed by atoms with E-state index in [0.29, 0.717) is 11.6 Å². The Bertz CT molecular complexity index is 577. The highest BCUT2D eigenvalue weighted by Gasteiger charge is 2.10. The molecule has 4 nitrogen and oxygen atoms in total. The summed E-state index contributed by atoms with van der Waals surface area (Å²) in [7, 11) is 1.63. The molecule has 0 saturated carbocycles. The Morgan fingerprint density at radius 1 is 1.00 bits per heavy atom. The van der Waals surface area contributed by atoms with Crippen molar-refractivity contribution in [1.82, 2.24) is 4.98 Å². The molecule has 0 amide bonds. The molecule has 1 N–H and O–H groups in total. The summed E-state index contributed by atoms with van der Waals surface area (Å²) in [6.45, 7) is 6.26. The first-order valence-corrected chi connectivity index (χ1v) is 6.53. The lowest BCUT2D eigenvalue weighted by Gasteiger charge is -2.21. The van der Waals surface area contributed by atoms with Crippen molar-refractivity contribution < 1.29 is 9.47 Å². The van der Waals surface area contributed by atoms with Gasteiger partial charge in [0.25, 0.3) is 0 Å². The molecule has 1 aromatic heterocycles. The number of nitrogens with zero attached hydrogens (tertiary/aromatic N) is 1. The van der Waals surface area contributed by atoms with Crippen LogP contribution in [0.4, 0.5) is 5.82 Å². The molecule has 2 rings (SSSR count). The van der Waals surface area contributed by atoms with Gasteiger partial charge in [0.2, 0.25) is 5.88 Å². The standard InChI is InChI=1S/C16H20N2O2/c1-16(2,3)18-14-9-6-10-15(17-14)20-13-8-5-7-12(11-13)19-4/h5-11H,1-4H3,(H,17,18). The van der Waals surface area contributed by atoms with Crippen molar-refractivity contribution in [2.75, 3.05) is 12.4 Å². The van der Waals surface area contributed by atoms with E-state index < -0.39 is 0 Å². The van der Waals surface area contributed by atoms with E-state index in [2.05, 4.69) is 31.1 Å². The third kappa shape index (κ3) is 4.16. The van der Waals surface area contributed by atoms with Crippen LogP contribution in [-0.2, 0) is 0 Å². The molecule has 0 radical (unpaired) electrons. The van der Waals surface area contributed by atoms with Crippen molar-refractivity contribution in [2.24, 2.45) is 0 Å². The number of hydrogen-bond acceptors (Lipinski definition) is 4. The normalized spacial score (nSPS) is 11.0. The number of hydrogen-bond donors (Lipinski definition) is 1. The second kappa shape index (κ2) is 5.82. The zero-order chi connectivity index (χ0) is 14.6. The molecule has 0 fully saturated rings. The molecule has 0 unspecified atom stereocenters. The summed E-state index contributed by atoms with van der Waals surface area (Å²) in [6.07, 6.45) is 0. The van der Waals surface area contributed by atoms with E-state index in [1.165, 1.54) is 0 Å². The Morgan fingerprint density at radius 3 is 2.40 bits per heavy atom. The van der Waals surface area contributed by atoms with E-state index in [4.69, 9.17) is 9.47 Å². The van der Waals surface area contributed by atoms with E-state index in [1.54, 1.807) is 7.11 Å². The monoisotopic (exact) mass is 272 g/mol. The first kappa shape index (κ1) is 14.2. The van der Waals surface area contributed by atoms with Crippen LogP contribution in [0.3, 0.4) is 0 Å².